The summed E-state index contributed by atoms with van der Waals surface area (Å²) < 4.78 is 102. The first-order valence-electron chi connectivity index (χ1n) is 47.6. The van der Waals surface area contributed by atoms with Crippen LogP contribution < -0.4 is 31.0 Å². The van der Waals surface area contributed by atoms with E-state index < -0.39 is 89.6 Å². The third-order valence-electron chi connectivity index (χ3n) is 25.5. The van der Waals surface area contributed by atoms with Gasteiger partial charge in [0.25, 0.3) is 17.7 Å². The lowest BCUT2D eigenvalue weighted by Gasteiger charge is -2.43. The highest BCUT2D eigenvalue weighted by atomic mass is 16.6. The number of rotatable bonds is 45. The summed E-state index contributed by atoms with van der Waals surface area (Å²) in [6.07, 6.45) is 18.2. The van der Waals surface area contributed by atoms with Crippen LogP contribution in [-0.4, -0.2) is 293 Å². The van der Waals surface area contributed by atoms with E-state index in [0.717, 1.165) is 42.5 Å². The van der Waals surface area contributed by atoms with Crippen molar-refractivity contribution in [2.24, 2.45) is 35.5 Å². The lowest BCUT2D eigenvalue weighted by molar-refractivity contribution is -0.264. The molecule has 2 amide bonds. The number of ketones is 3. The summed E-state index contributed by atoms with van der Waals surface area (Å²) in [5.41, 5.74) is 17.9. The molecule has 37 heteroatoms. The molecule has 10 rings (SSSR count). The van der Waals surface area contributed by atoms with Gasteiger partial charge in [0, 0.05) is 100 Å². The summed E-state index contributed by atoms with van der Waals surface area (Å²) in [4.78, 5) is 100.0. The van der Waals surface area contributed by atoms with Crippen LogP contribution in [0.4, 0.5) is 16.6 Å². The summed E-state index contributed by atoms with van der Waals surface area (Å²) >= 11 is 0. The summed E-state index contributed by atoms with van der Waals surface area (Å²) in [7, 11) is 7.71. The van der Waals surface area contributed by atoms with Gasteiger partial charge >= 0.3 is 12.1 Å². The normalized spacial score (nSPS) is 25.5. The van der Waals surface area contributed by atoms with Gasteiger partial charge in [-0.3, -0.25) is 19.2 Å². The van der Waals surface area contributed by atoms with Gasteiger partial charge in [-0.1, -0.05) is 81.9 Å². The van der Waals surface area contributed by atoms with Crippen LogP contribution in [0.1, 0.15) is 168 Å². The molecule has 0 spiro atoms. The van der Waals surface area contributed by atoms with Gasteiger partial charge in [0.2, 0.25) is 5.79 Å². The van der Waals surface area contributed by atoms with Crippen molar-refractivity contribution in [2.45, 2.75) is 225 Å². The van der Waals surface area contributed by atoms with Crippen molar-refractivity contribution in [2.75, 3.05) is 166 Å². The Hall–Kier alpha value is -9.74. The molecule has 4 aromatic heterocycles. The number of nitrogens with two attached hydrogens (primary N) is 2. The fourth-order valence-corrected chi connectivity index (χ4v) is 17.8. The van der Waals surface area contributed by atoms with E-state index in [9.17, 15) is 34.2 Å². The zero-order valence-corrected chi connectivity index (χ0v) is 80.7. The Morgan fingerprint density at radius 1 is 0.704 bits per heavy atom. The number of amides is 2. The van der Waals surface area contributed by atoms with Crippen molar-refractivity contribution in [3.63, 3.8) is 0 Å². The molecule has 7 heterocycles. The molecule has 135 heavy (non-hydrogen) atoms. The van der Waals surface area contributed by atoms with E-state index in [-0.39, 0.29) is 80.6 Å². The number of oxazole rings is 1. The van der Waals surface area contributed by atoms with E-state index in [0.29, 0.717) is 238 Å². The van der Waals surface area contributed by atoms with E-state index >= 15 is 4.79 Å². The number of aromatic nitrogens is 8. The maximum atomic E-state index is 15.0. The zero-order valence-electron chi connectivity index (χ0n) is 80.7. The second-order valence-electron chi connectivity index (χ2n) is 35.5. The average molecular weight is 1890 g/mol. The Kier molecular flexibility index (Phi) is 44.2. The predicted molar refractivity (Wildman–Crippen MR) is 501 cm³/mol. The van der Waals surface area contributed by atoms with Gasteiger partial charge in [0.15, 0.2) is 17.0 Å². The Bertz CT molecular complexity index is 4820. The van der Waals surface area contributed by atoms with Gasteiger partial charge in [-0.15, -0.1) is 5.10 Å². The van der Waals surface area contributed by atoms with Gasteiger partial charge < -0.3 is 112 Å². The number of alkyl carbamates (subject to hydrolysis) is 1. The lowest BCUT2D eigenvalue weighted by Crippen LogP contribution is -2.60. The maximum Gasteiger partial charge on any atom is 0.407 e. The van der Waals surface area contributed by atoms with Crippen LogP contribution in [0.2, 0.25) is 0 Å². The molecule has 3 aliphatic heterocycles. The molecule has 6 aromatic rings. The Morgan fingerprint density at radius 2 is 1.39 bits per heavy atom. The second-order valence-corrected chi connectivity index (χ2v) is 35.5. The van der Waals surface area contributed by atoms with E-state index in [1.807, 2.05) is 76.4 Å². The van der Waals surface area contributed by atoms with Crippen LogP contribution in [0.15, 0.2) is 94.9 Å². The number of allylic oxidation sites excluding steroid dienone is 7. The van der Waals surface area contributed by atoms with Crippen molar-refractivity contribution in [1.82, 2.24) is 49.9 Å². The molecule has 4 aliphatic rings. The van der Waals surface area contributed by atoms with Gasteiger partial charge in [-0.05, 0) is 158 Å². The number of nitrogens with zero attached hydrogens (tertiary/aromatic N) is 9. The number of unbranched alkanes of at least 4 members (excludes halogenated alkanes) is 2. The largest absolute Gasteiger partial charge is 0.496 e. The minimum Gasteiger partial charge on any atom is -0.496 e. The summed E-state index contributed by atoms with van der Waals surface area (Å²) in [5.74, 6) is -7.35. The number of carbonyl (C=O) groups is 6. The molecule has 37 nitrogen and oxygen atoms in total. The molecular formula is C98H144N12O25. The molecule has 0 radical (unpaired) electrons. The first kappa shape index (κ1) is 107. The third kappa shape index (κ3) is 31.9. The predicted octanol–water partition coefficient (Wildman–Crippen LogP) is 11.0. The molecule has 1 unspecified atom stereocenters. The molecule has 15 atom stereocenters. The number of benzene rings is 2. The van der Waals surface area contributed by atoms with Gasteiger partial charge in [-0.2, -0.15) is 10.1 Å². The zero-order chi connectivity index (χ0) is 96.8. The minimum atomic E-state index is -2.56. The molecule has 1 saturated carbocycles. The number of cyclic esters (lactones) is 1. The number of Topliss-reactive ketones (excluding diaryl/α,β-unsaturated/α-hetero) is 3. The molecule has 2 aromatic carbocycles. The highest BCUT2D eigenvalue weighted by molar-refractivity contribution is 6.39. The van der Waals surface area contributed by atoms with E-state index in [4.69, 9.17) is 96.8 Å². The standard InChI is InChI=1S/C98H144N12O25/c1-63-22-14-13-15-23-64(2)75(85-83(121-10)58-74(119-8)59-84(85)122-11)57-73-29-26-69(7)98(118,135-73)91(114)94(115)109-33-19-16-25-77(109)95(116)133-81(60-78(111)65(3)53-68(6)89(113)90(123-12)88(112)67(5)52-63)66(4)54-70-27-30-80(82(55-70)120-9)131-36-21-17-24-72-61-108(107-105-72)35-37-124-38-39-125-40-41-126-42-43-127-44-45-128-46-47-129-48-49-130-50-51-132-97(117)101-32-18-20-34-110-93-86(92(99)102-62-103-93)87(106-110)71-28-31-79-76(56-71)104-96(100)134-79/h13-15,22-23,28,31,53,56,58-59,61-63,65-67,69-70,73,75,77,80-82,89-90,113,118H,16-21,24-27,29-30,32-52,54-55,57,60H2,1-12H3,(H2,100,104)(H,101,117)(H2,99,102,103)/b15-13+,22-14+,64-23+,68-53+/t63?,65-,66-,67-,69-,70+,73+,75-,77+,80-,81+,82-,89-,90+,98-/m1/s1. The number of aryl methyl sites for hydroxylation is 2. The summed E-state index contributed by atoms with van der Waals surface area (Å²) in [6, 6.07) is 7.84. The molecule has 7 N–H and O–H groups in total. The van der Waals surface area contributed by atoms with E-state index in [1.165, 1.54) is 18.3 Å². The number of hydrogen-bond donors (Lipinski definition) is 5. The van der Waals surface area contributed by atoms with Gasteiger partial charge in [-0.25, -0.2) is 28.9 Å². The second kappa shape index (κ2) is 55.6. The highest BCUT2D eigenvalue weighted by Gasteiger charge is 2.54. The SMILES string of the molecule is COc1cc(OC)c([C@@H]2C[C@@H]3CC[C@@H](C)[C@@](O)(O3)C(=O)C(=O)N3CCCC[C@H]3C(=O)O[C@H]([C@H](C)C[C@@H]3CC[C@@H](OCCCCc4cn(CCOCCOCCOCCOCCOCCOCCOCCOC(=O)NCCCCn5nc(-c6ccc7oc(N)nc7c6)c6c(N)ncnc65)nn4)[C@H](OC)C3)CC(=O)[C@H](C)/C=C(\C)[C@@H](O)[C@@H](OC)C(=O)[C@H](C)CC(C)/C=C/C=C/C=C/2C)c(OC)c1. The third-order valence-corrected chi connectivity index (χ3v) is 25.5. The quantitative estimate of drug-likeness (QED) is 0.0103. The monoisotopic (exact) mass is 1890 g/mol. The van der Waals surface area contributed by atoms with Gasteiger partial charge in [0.1, 0.15) is 77.3 Å². The number of fused-ring (bicyclic) bond motifs is 5. The van der Waals surface area contributed by atoms with Crippen molar-refractivity contribution < 1.29 is 119 Å². The van der Waals surface area contributed by atoms with Crippen molar-refractivity contribution in [3.8, 4) is 28.5 Å². The maximum absolute atomic E-state index is 15.0. The Morgan fingerprint density at radius 3 is 2.05 bits per heavy atom. The van der Waals surface area contributed by atoms with Crippen molar-refractivity contribution in [1.29, 1.82) is 0 Å². The van der Waals surface area contributed by atoms with Crippen LogP contribution >= 0.6 is 0 Å². The molecule has 3 fully saturated rings. The number of anilines is 2. The number of aliphatic hydroxyl groups excluding tert-OH is 1. The first-order chi connectivity index (χ1) is 65.2. The molecule has 1 aliphatic carbocycles. The summed E-state index contributed by atoms with van der Waals surface area (Å²) in [6.45, 7) is 20.4. The number of methoxy groups -OCH3 is 5. The number of esters is 1. The van der Waals surface area contributed by atoms with Crippen LogP contribution in [-0.2, 0) is 105 Å². The van der Waals surface area contributed by atoms with Gasteiger partial charge in [0.05, 0.1) is 150 Å². The Labute approximate surface area is 791 Å². The Balaban J connectivity index is 0.583. The lowest BCUT2D eigenvalue weighted by atomic mass is 9.78. The number of ether oxygens (including phenoxy) is 16. The van der Waals surface area contributed by atoms with Crippen LogP contribution in [0.3, 0.4) is 0 Å². The molecule has 2 saturated heterocycles. The van der Waals surface area contributed by atoms with Crippen molar-refractivity contribution in [3.05, 3.63) is 102 Å². The van der Waals surface area contributed by atoms with Crippen LogP contribution in [0.25, 0.3) is 33.4 Å². The number of piperidine rings is 1. The number of hydrogen-bond acceptors (Lipinski definition) is 33. The average Bonchev–Trinajstić information content (AvgIpc) is 1.72. The van der Waals surface area contributed by atoms with E-state index in [2.05, 4.69) is 30.6 Å². The van der Waals surface area contributed by atoms with E-state index in [1.54, 1.807) is 82.8 Å². The fraction of sp³-hybridized carbons (Fsp3) is 0.653. The molecule has 2 bridgehead atoms. The minimum absolute atomic E-state index is 0.0325. The number of aliphatic hydroxyl groups is 2. The van der Waals surface area contributed by atoms with Crippen LogP contribution in [0.5, 0.6) is 17.2 Å². The number of nitrogen functional groups attached to an aromatic ring is 2. The smallest absolute Gasteiger partial charge is 0.407 e. The highest BCUT2D eigenvalue weighted by Crippen LogP contribution is 2.47. The van der Waals surface area contributed by atoms with Crippen molar-refractivity contribution >= 4 is 69.3 Å². The number of nitrogens with one attached hydrogen (secondary N) is 1. The summed E-state index contributed by atoms with van der Waals surface area (Å²) in [5, 5.41) is 41.3. The molecule has 746 valence electrons. The van der Waals surface area contributed by atoms with Crippen LogP contribution in [0, 0.1) is 35.5 Å². The topological polar surface area (TPSA) is 458 Å². The fourth-order valence-electron chi connectivity index (χ4n) is 17.8. The first-order valence-corrected chi connectivity index (χ1v) is 47.6. The molecular weight excluding hydrogens is 1750 g/mol. The number of carbonyl (C=O) groups excluding carboxylic acids is 6.